The van der Waals surface area contributed by atoms with Gasteiger partial charge in [0.25, 0.3) is 0 Å². The molecule has 0 atom stereocenters. The molecule has 0 saturated carbocycles. The Bertz CT molecular complexity index is 557. The van der Waals surface area contributed by atoms with E-state index >= 15 is 0 Å². The lowest BCUT2D eigenvalue weighted by Gasteiger charge is -2.03. The molecule has 1 heterocycles. The lowest BCUT2D eigenvalue weighted by atomic mass is 10.1. The summed E-state index contributed by atoms with van der Waals surface area (Å²) >= 11 is 0. The number of carbonyl (C=O) groups excluding carboxylic acids is 1. The van der Waals surface area contributed by atoms with Crippen molar-refractivity contribution in [2.24, 2.45) is 7.05 Å². The van der Waals surface area contributed by atoms with Gasteiger partial charge < -0.3 is 14.7 Å². The molecule has 0 aliphatic heterocycles. The Morgan fingerprint density at radius 2 is 2.05 bits per heavy atom. The monoisotopic (exact) mass is 258 g/mol. The van der Waals surface area contributed by atoms with E-state index < -0.39 is 0 Å². The summed E-state index contributed by atoms with van der Waals surface area (Å²) in [5.41, 5.74) is 2.67. The summed E-state index contributed by atoms with van der Waals surface area (Å²) in [6, 6.07) is 8.50. The quantitative estimate of drug-likeness (QED) is 0.775. The van der Waals surface area contributed by atoms with Crippen molar-refractivity contribution in [1.82, 2.24) is 9.88 Å². The summed E-state index contributed by atoms with van der Waals surface area (Å²) in [6.07, 6.45) is 4.86. The Labute approximate surface area is 114 Å². The van der Waals surface area contributed by atoms with Gasteiger partial charge in [-0.05, 0) is 44.5 Å². The number of Topliss-reactive ketones (excluding diaryl/α,β-unsaturated/α-hetero) is 1. The van der Waals surface area contributed by atoms with E-state index in [2.05, 4.69) is 47.4 Å². The number of ketones is 1. The van der Waals surface area contributed by atoms with Gasteiger partial charge in [0, 0.05) is 30.6 Å². The molecule has 0 saturated heterocycles. The number of carbonyl (C=O) groups is 1. The van der Waals surface area contributed by atoms with Crippen LogP contribution in [-0.2, 0) is 18.3 Å². The molecule has 3 nitrogen and oxygen atoms in total. The average molecular weight is 258 g/mol. The Hall–Kier alpha value is -1.61. The van der Waals surface area contributed by atoms with Crippen LogP contribution < -0.4 is 5.32 Å². The van der Waals surface area contributed by atoms with Gasteiger partial charge >= 0.3 is 0 Å². The predicted molar refractivity (Wildman–Crippen MR) is 79.4 cm³/mol. The van der Waals surface area contributed by atoms with Crippen LogP contribution in [0, 0.1) is 0 Å². The number of hydrogen-bond acceptors (Lipinski definition) is 2. The molecule has 1 aromatic heterocycles. The van der Waals surface area contributed by atoms with E-state index in [9.17, 15) is 4.79 Å². The summed E-state index contributed by atoms with van der Waals surface area (Å²) in [6.45, 7) is 3.53. The number of rotatable bonds is 7. The van der Waals surface area contributed by atoms with Crippen LogP contribution in [0.25, 0.3) is 10.9 Å². The number of nitrogens with one attached hydrogen (secondary N) is 1. The minimum absolute atomic E-state index is 0.274. The van der Waals surface area contributed by atoms with Crippen LogP contribution in [0.3, 0.4) is 0 Å². The fourth-order valence-corrected chi connectivity index (χ4v) is 2.44. The highest BCUT2D eigenvalue weighted by Gasteiger charge is 2.04. The van der Waals surface area contributed by atoms with Gasteiger partial charge in [-0.3, -0.25) is 0 Å². The van der Waals surface area contributed by atoms with Crippen LogP contribution in [0.1, 0.15) is 25.3 Å². The zero-order valence-corrected chi connectivity index (χ0v) is 11.8. The van der Waals surface area contributed by atoms with Crippen LogP contribution >= 0.6 is 0 Å². The molecule has 0 amide bonds. The zero-order chi connectivity index (χ0) is 13.7. The van der Waals surface area contributed by atoms with Gasteiger partial charge in [-0.15, -0.1) is 0 Å². The number of benzene rings is 1. The molecule has 19 heavy (non-hydrogen) atoms. The summed E-state index contributed by atoms with van der Waals surface area (Å²) in [5.74, 6) is 0.274. The summed E-state index contributed by atoms with van der Waals surface area (Å²) in [5, 5.41) is 4.74. The zero-order valence-electron chi connectivity index (χ0n) is 11.8. The molecular formula is C16H22N2O. The van der Waals surface area contributed by atoms with Crippen LogP contribution in [0.2, 0.25) is 0 Å². The average Bonchev–Trinajstić information content (AvgIpc) is 2.71. The fraction of sp³-hybridized carbons (Fsp3) is 0.438. The molecule has 3 heteroatoms. The second kappa shape index (κ2) is 6.53. The van der Waals surface area contributed by atoms with Gasteiger partial charge in [0.15, 0.2) is 0 Å². The van der Waals surface area contributed by atoms with Crippen LogP contribution in [0.5, 0.6) is 0 Å². The Balaban J connectivity index is 1.83. The van der Waals surface area contributed by atoms with Gasteiger partial charge in [0.1, 0.15) is 5.78 Å². The molecule has 2 rings (SSSR count). The molecule has 0 fully saturated rings. The molecule has 0 spiro atoms. The van der Waals surface area contributed by atoms with Crippen molar-refractivity contribution in [1.29, 1.82) is 0 Å². The van der Waals surface area contributed by atoms with Crippen molar-refractivity contribution in [2.45, 2.75) is 26.2 Å². The van der Waals surface area contributed by atoms with E-state index in [4.69, 9.17) is 0 Å². The van der Waals surface area contributed by atoms with Gasteiger partial charge in [0.05, 0.1) is 0 Å². The van der Waals surface area contributed by atoms with E-state index in [1.807, 2.05) is 0 Å². The van der Waals surface area contributed by atoms with Crippen LogP contribution in [0.4, 0.5) is 0 Å². The minimum Gasteiger partial charge on any atom is -0.350 e. The predicted octanol–water partition coefficient (Wildman–Crippen LogP) is 2.68. The highest BCUT2D eigenvalue weighted by molar-refractivity contribution is 5.83. The van der Waals surface area contributed by atoms with E-state index in [0.717, 1.165) is 25.9 Å². The maximum absolute atomic E-state index is 10.8. The lowest BCUT2D eigenvalue weighted by Crippen LogP contribution is -2.18. The molecule has 0 unspecified atom stereocenters. The number of aryl methyl sites for hydroxylation is 1. The van der Waals surface area contributed by atoms with E-state index in [1.54, 1.807) is 6.92 Å². The number of para-hydroxylation sites is 1. The standard InChI is InChI=1S/C16H22N2O/c1-13(19)6-5-10-17-11-9-14-12-18(2)16-8-4-3-7-15(14)16/h3-4,7-8,12,17H,5-6,9-11H2,1-2H3. The Morgan fingerprint density at radius 1 is 1.26 bits per heavy atom. The number of nitrogens with zero attached hydrogens (tertiary/aromatic N) is 1. The molecule has 1 aromatic carbocycles. The van der Waals surface area contributed by atoms with Crippen molar-refractivity contribution in [2.75, 3.05) is 13.1 Å². The fourth-order valence-electron chi connectivity index (χ4n) is 2.44. The normalized spacial score (nSPS) is 11.1. The van der Waals surface area contributed by atoms with Gasteiger partial charge in [-0.2, -0.15) is 0 Å². The topological polar surface area (TPSA) is 34.0 Å². The number of fused-ring (bicyclic) bond motifs is 1. The van der Waals surface area contributed by atoms with Crippen molar-refractivity contribution >= 4 is 16.7 Å². The second-order valence-electron chi connectivity index (χ2n) is 5.09. The number of hydrogen-bond donors (Lipinski definition) is 1. The van der Waals surface area contributed by atoms with E-state index in [-0.39, 0.29) is 5.78 Å². The first-order chi connectivity index (χ1) is 9.18. The molecule has 0 bridgehead atoms. The highest BCUT2D eigenvalue weighted by atomic mass is 16.1. The molecule has 0 aliphatic rings. The van der Waals surface area contributed by atoms with Gasteiger partial charge in [0.2, 0.25) is 0 Å². The smallest absolute Gasteiger partial charge is 0.129 e. The van der Waals surface area contributed by atoms with Crippen LogP contribution in [0.15, 0.2) is 30.5 Å². The maximum Gasteiger partial charge on any atom is 0.129 e. The molecule has 2 aromatic rings. The van der Waals surface area contributed by atoms with Crippen molar-refractivity contribution < 1.29 is 4.79 Å². The van der Waals surface area contributed by atoms with Crippen molar-refractivity contribution in [3.8, 4) is 0 Å². The van der Waals surface area contributed by atoms with E-state index in [1.165, 1.54) is 16.5 Å². The summed E-state index contributed by atoms with van der Waals surface area (Å²) in [7, 11) is 2.09. The molecular weight excluding hydrogens is 236 g/mol. The van der Waals surface area contributed by atoms with Gasteiger partial charge in [-0.1, -0.05) is 18.2 Å². The second-order valence-corrected chi connectivity index (χ2v) is 5.09. The first-order valence-corrected chi connectivity index (χ1v) is 6.91. The largest absolute Gasteiger partial charge is 0.350 e. The van der Waals surface area contributed by atoms with Crippen molar-refractivity contribution in [3.05, 3.63) is 36.0 Å². The lowest BCUT2D eigenvalue weighted by molar-refractivity contribution is -0.117. The molecule has 1 N–H and O–H groups in total. The first-order valence-electron chi connectivity index (χ1n) is 6.91. The number of aromatic nitrogens is 1. The Kier molecular flexibility index (Phi) is 4.74. The third-order valence-corrected chi connectivity index (χ3v) is 3.43. The minimum atomic E-state index is 0.274. The van der Waals surface area contributed by atoms with E-state index in [0.29, 0.717) is 6.42 Å². The summed E-state index contributed by atoms with van der Waals surface area (Å²) < 4.78 is 2.18. The molecule has 102 valence electrons. The third kappa shape index (κ3) is 3.67. The maximum atomic E-state index is 10.8. The Morgan fingerprint density at radius 3 is 2.84 bits per heavy atom. The molecule has 0 aliphatic carbocycles. The third-order valence-electron chi connectivity index (χ3n) is 3.43. The van der Waals surface area contributed by atoms with Crippen molar-refractivity contribution in [3.63, 3.8) is 0 Å². The first kappa shape index (κ1) is 13.8. The van der Waals surface area contributed by atoms with Gasteiger partial charge in [-0.25, -0.2) is 0 Å². The summed E-state index contributed by atoms with van der Waals surface area (Å²) in [4.78, 5) is 10.8. The SMILES string of the molecule is CC(=O)CCCNCCc1cn(C)c2ccccc12. The molecule has 0 radical (unpaired) electrons. The van der Waals surface area contributed by atoms with Crippen LogP contribution in [-0.4, -0.2) is 23.4 Å². The highest BCUT2D eigenvalue weighted by Crippen LogP contribution is 2.20.